The quantitative estimate of drug-likeness (QED) is 0.594. The zero-order valence-corrected chi connectivity index (χ0v) is 15.0. The van der Waals surface area contributed by atoms with Gasteiger partial charge in [-0.2, -0.15) is 5.10 Å². The summed E-state index contributed by atoms with van der Waals surface area (Å²) >= 11 is 0. The van der Waals surface area contributed by atoms with Crippen LogP contribution in [0.1, 0.15) is 11.3 Å². The van der Waals surface area contributed by atoms with Crippen molar-refractivity contribution in [1.82, 2.24) is 14.6 Å². The molecule has 2 aromatic carbocycles. The van der Waals surface area contributed by atoms with Gasteiger partial charge in [0.2, 0.25) is 0 Å². The Kier molecular flexibility index (Phi) is 4.08. The molecule has 2 aromatic heterocycles. The monoisotopic (exact) mass is 348 g/mol. The van der Waals surface area contributed by atoms with Gasteiger partial charge in [0, 0.05) is 18.0 Å². The van der Waals surface area contributed by atoms with Gasteiger partial charge >= 0.3 is 0 Å². The zero-order chi connectivity index (χ0) is 18.1. The van der Waals surface area contributed by atoms with Crippen LogP contribution in [0.4, 0.5) is 5.82 Å². The molecule has 4 rings (SSSR count). The van der Waals surface area contributed by atoms with Gasteiger partial charge in [-0.25, -0.2) is 9.50 Å². The molecule has 0 saturated carbocycles. The van der Waals surface area contributed by atoms with Crippen LogP contribution in [0, 0.1) is 6.92 Å². The summed E-state index contributed by atoms with van der Waals surface area (Å²) in [5.41, 5.74) is 3.88. The number of anilines is 1. The first-order chi connectivity index (χ1) is 12.7. The molecule has 0 aliphatic carbocycles. The largest absolute Gasteiger partial charge is 0.493 e. The van der Waals surface area contributed by atoms with E-state index in [-0.39, 0.29) is 0 Å². The summed E-state index contributed by atoms with van der Waals surface area (Å²) in [5.74, 6) is 2.27. The van der Waals surface area contributed by atoms with Crippen molar-refractivity contribution in [3.8, 4) is 11.5 Å². The van der Waals surface area contributed by atoms with Crippen LogP contribution in [0.15, 0.2) is 48.5 Å². The molecule has 26 heavy (non-hydrogen) atoms. The molecule has 2 heterocycles. The Morgan fingerprint density at radius 2 is 1.81 bits per heavy atom. The number of methoxy groups -OCH3 is 2. The van der Waals surface area contributed by atoms with Crippen molar-refractivity contribution in [2.75, 3.05) is 19.5 Å². The summed E-state index contributed by atoms with van der Waals surface area (Å²) in [6.07, 6.45) is 0. The van der Waals surface area contributed by atoms with E-state index in [0.29, 0.717) is 12.3 Å². The fraction of sp³-hybridized carbons (Fsp3) is 0.200. The van der Waals surface area contributed by atoms with E-state index in [4.69, 9.17) is 14.5 Å². The number of hydrogen-bond donors (Lipinski definition) is 1. The lowest BCUT2D eigenvalue weighted by atomic mass is 10.2. The summed E-state index contributed by atoms with van der Waals surface area (Å²) in [6.45, 7) is 2.60. The van der Waals surface area contributed by atoms with Gasteiger partial charge < -0.3 is 14.8 Å². The van der Waals surface area contributed by atoms with Crippen molar-refractivity contribution in [1.29, 1.82) is 0 Å². The van der Waals surface area contributed by atoms with Crippen molar-refractivity contribution in [3.05, 3.63) is 59.8 Å². The predicted octanol–water partition coefficient (Wildman–Crippen LogP) is 3.82. The lowest BCUT2D eigenvalue weighted by molar-refractivity contribution is 0.354. The molecule has 0 amide bonds. The molecule has 132 valence electrons. The van der Waals surface area contributed by atoms with Gasteiger partial charge in [0.25, 0.3) is 0 Å². The number of nitrogens with zero attached hydrogens (tertiary/aromatic N) is 3. The van der Waals surface area contributed by atoms with Gasteiger partial charge in [-0.15, -0.1) is 0 Å². The molecule has 4 aromatic rings. The van der Waals surface area contributed by atoms with Gasteiger partial charge in [0.05, 0.1) is 25.4 Å². The second-order valence-electron chi connectivity index (χ2n) is 6.08. The predicted molar refractivity (Wildman–Crippen MR) is 102 cm³/mol. The van der Waals surface area contributed by atoms with Crippen LogP contribution < -0.4 is 14.8 Å². The molecular formula is C20H20N4O2. The maximum atomic E-state index is 5.38. The Balaban J connectivity index is 1.70. The minimum atomic E-state index is 0.626. The molecule has 0 spiro atoms. The molecule has 0 bridgehead atoms. The molecule has 0 saturated heterocycles. The number of aryl methyl sites for hydroxylation is 1. The highest BCUT2D eigenvalue weighted by Crippen LogP contribution is 2.28. The second kappa shape index (κ2) is 6.55. The maximum absolute atomic E-state index is 5.38. The van der Waals surface area contributed by atoms with Crippen molar-refractivity contribution in [3.63, 3.8) is 0 Å². The molecule has 0 aliphatic heterocycles. The number of fused-ring (bicyclic) bond motifs is 3. The Hall–Kier alpha value is -3.28. The summed E-state index contributed by atoms with van der Waals surface area (Å²) in [7, 11) is 3.27. The van der Waals surface area contributed by atoms with Crippen LogP contribution >= 0.6 is 0 Å². The third-order valence-corrected chi connectivity index (χ3v) is 4.33. The number of rotatable bonds is 5. The summed E-state index contributed by atoms with van der Waals surface area (Å²) in [5, 5.41) is 9.02. The van der Waals surface area contributed by atoms with Crippen LogP contribution in [0.5, 0.6) is 11.5 Å². The normalized spacial score (nSPS) is 11.0. The van der Waals surface area contributed by atoms with Crippen LogP contribution in [0.3, 0.4) is 0 Å². The smallest absolute Gasteiger partial charge is 0.161 e. The Morgan fingerprint density at radius 1 is 1.00 bits per heavy atom. The topological polar surface area (TPSA) is 60.7 Å². The number of benzene rings is 2. The molecule has 0 atom stereocenters. The fourth-order valence-electron chi connectivity index (χ4n) is 3.09. The summed E-state index contributed by atoms with van der Waals surface area (Å²) in [6, 6.07) is 16.0. The van der Waals surface area contributed by atoms with Gasteiger partial charge in [-0.05, 0) is 36.8 Å². The molecule has 6 heteroatoms. The third kappa shape index (κ3) is 2.79. The highest BCUT2D eigenvalue weighted by atomic mass is 16.5. The summed E-state index contributed by atoms with van der Waals surface area (Å²) < 4.78 is 12.6. The SMILES string of the molecule is COc1ccc(CNc2nc3cc(C)nn3c3ccccc23)cc1OC. The van der Waals surface area contributed by atoms with Gasteiger partial charge in [0.15, 0.2) is 17.1 Å². The average Bonchev–Trinajstić information content (AvgIpc) is 3.06. The molecular weight excluding hydrogens is 328 g/mol. The molecule has 6 nitrogen and oxygen atoms in total. The Morgan fingerprint density at radius 3 is 2.62 bits per heavy atom. The van der Waals surface area contributed by atoms with Gasteiger partial charge in [0.1, 0.15) is 5.82 Å². The third-order valence-electron chi connectivity index (χ3n) is 4.33. The fourth-order valence-corrected chi connectivity index (χ4v) is 3.09. The Labute approximate surface area is 151 Å². The molecule has 0 fully saturated rings. The van der Waals surface area contributed by atoms with E-state index in [2.05, 4.69) is 22.5 Å². The number of ether oxygens (including phenoxy) is 2. The highest BCUT2D eigenvalue weighted by molar-refractivity contribution is 5.91. The standard InChI is InChI=1S/C20H20N4O2/c1-13-10-19-22-20(15-6-4-5-7-16(15)24(19)23-13)21-12-14-8-9-17(25-2)18(11-14)26-3/h4-11H,12H2,1-3H3,(H,21,22). The second-order valence-corrected chi connectivity index (χ2v) is 6.08. The first-order valence-electron chi connectivity index (χ1n) is 8.39. The lowest BCUT2D eigenvalue weighted by Crippen LogP contribution is -2.05. The average molecular weight is 348 g/mol. The number of hydrogen-bond acceptors (Lipinski definition) is 5. The van der Waals surface area contributed by atoms with E-state index in [9.17, 15) is 0 Å². The highest BCUT2D eigenvalue weighted by Gasteiger charge is 2.10. The van der Waals surface area contributed by atoms with Crippen molar-refractivity contribution in [2.45, 2.75) is 13.5 Å². The lowest BCUT2D eigenvalue weighted by Gasteiger charge is -2.12. The first-order valence-corrected chi connectivity index (χ1v) is 8.39. The minimum absolute atomic E-state index is 0.626. The van der Waals surface area contributed by atoms with E-state index in [1.807, 2.05) is 47.8 Å². The van der Waals surface area contributed by atoms with Crippen LogP contribution in [-0.4, -0.2) is 28.8 Å². The molecule has 0 radical (unpaired) electrons. The number of nitrogens with one attached hydrogen (secondary N) is 1. The van der Waals surface area contributed by atoms with Crippen LogP contribution in [-0.2, 0) is 6.54 Å². The van der Waals surface area contributed by atoms with Gasteiger partial charge in [-0.1, -0.05) is 18.2 Å². The first kappa shape index (κ1) is 16.2. The van der Waals surface area contributed by atoms with E-state index < -0.39 is 0 Å². The van der Waals surface area contributed by atoms with Crippen molar-refractivity contribution >= 4 is 22.4 Å². The molecule has 0 aliphatic rings. The Bertz CT molecular complexity index is 1090. The maximum Gasteiger partial charge on any atom is 0.161 e. The molecule has 1 N–H and O–H groups in total. The van der Waals surface area contributed by atoms with Crippen molar-refractivity contribution in [2.24, 2.45) is 0 Å². The van der Waals surface area contributed by atoms with E-state index in [0.717, 1.165) is 39.4 Å². The summed E-state index contributed by atoms with van der Waals surface area (Å²) in [4.78, 5) is 4.75. The van der Waals surface area contributed by atoms with E-state index in [1.54, 1.807) is 14.2 Å². The minimum Gasteiger partial charge on any atom is -0.493 e. The number of aromatic nitrogens is 3. The van der Waals surface area contributed by atoms with Gasteiger partial charge in [-0.3, -0.25) is 0 Å². The van der Waals surface area contributed by atoms with Crippen LogP contribution in [0.25, 0.3) is 16.6 Å². The zero-order valence-electron chi connectivity index (χ0n) is 15.0. The van der Waals surface area contributed by atoms with E-state index >= 15 is 0 Å². The number of para-hydroxylation sites is 1. The van der Waals surface area contributed by atoms with Crippen molar-refractivity contribution < 1.29 is 9.47 Å². The van der Waals surface area contributed by atoms with E-state index in [1.165, 1.54) is 0 Å². The van der Waals surface area contributed by atoms with Crippen LogP contribution in [0.2, 0.25) is 0 Å². The molecule has 0 unspecified atom stereocenters.